The normalized spacial score (nSPS) is 33.4. The topological polar surface area (TPSA) is 99.4 Å². The molecule has 4 rings (SSSR count). The van der Waals surface area contributed by atoms with Crippen LogP contribution in [-0.4, -0.2) is 59.8 Å². The monoisotopic (exact) mass is 431 g/mol. The summed E-state index contributed by atoms with van der Waals surface area (Å²) in [4.78, 5) is 18.4. The maximum atomic E-state index is 13.7. The summed E-state index contributed by atoms with van der Waals surface area (Å²) >= 11 is 0. The van der Waals surface area contributed by atoms with Gasteiger partial charge in [0.15, 0.2) is 0 Å². The molecule has 176 valence electrons. The summed E-state index contributed by atoms with van der Waals surface area (Å²) in [6, 6.07) is 0.491. The lowest BCUT2D eigenvalue weighted by Crippen LogP contribution is -2.51. The van der Waals surface area contributed by atoms with Crippen LogP contribution in [-0.2, 0) is 4.79 Å². The molecular weight excluding hydrogens is 386 g/mol. The first-order valence-corrected chi connectivity index (χ1v) is 13.1. The van der Waals surface area contributed by atoms with E-state index in [1.807, 2.05) is 0 Å². The third-order valence-electron chi connectivity index (χ3n) is 9.05. The maximum absolute atomic E-state index is 13.7. The van der Waals surface area contributed by atoms with Gasteiger partial charge in [0.2, 0.25) is 5.91 Å². The number of hydrogen-bond acceptors (Lipinski definition) is 4. The zero-order valence-electron chi connectivity index (χ0n) is 19.4. The summed E-state index contributed by atoms with van der Waals surface area (Å²) < 4.78 is 0. The molecule has 6 heteroatoms. The average molecular weight is 432 g/mol. The maximum Gasteiger partial charge on any atom is 0.239 e. The number of carbonyl (C=O) groups excluding carboxylic acids is 1. The van der Waals surface area contributed by atoms with E-state index in [4.69, 9.17) is 16.9 Å². The second kappa shape index (κ2) is 10.7. The van der Waals surface area contributed by atoms with Gasteiger partial charge in [-0.3, -0.25) is 15.1 Å². The van der Waals surface area contributed by atoms with Crippen LogP contribution in [0.5, 0.6) is 0 Å². The van der Waals surface area contributed by atoms with Crippen LogP contribution in [0, 0.1) is 29.1 Å². The Balaban J connectivity index is 1.42. The van der Waals surface area contributed by atoms with Gasteiger partial charge in [-0.25, -0.2) is 0 Å². The van der Waals surface area contributed by atoms with E-state index < -0.39 is 0 Å². The quantitative estimate of drug-likeness (QED) is 0.425. The lowest BCUT2D eigenvalue weighted by molar-refractivity contribution is -0.138. The molecule has 5 N–H and O–H groups in total. The van der Waals surface area contributed by atoms with Crippen molar-refractivity contribution in [3.63, 3.8) is 0 Å². The molecule has 2 saturated heterocycles. The predicted octanol–water partition coefficient (Wildman–Crippen LogP) is 3.34. The summed E-state index contributed by atoms with van der Waals surface area (Å²) in [6.07, 6.45) is 15.6. The van der Waals surface area contributed by atoms with Gasteiger partial charge in [-0.05, 0) is 82.2 Å². The Kier molecular flexibility index (Phi) is 7.91. The number of likely N-dealkylation sites (tertiary alicyclic amines) is 2. The molecule has 0 spiro atoms. The lowest BCUT2D eigenvalue weighted by atomic mass is 9.78. The molecular formula is C25H45N5O. The molecule has 4 unspecified atom stereocenters. The van der Waals surface area contributed by atoms with Crippen molar-refractivity contribution in [2.75, 3.05) is 26.2 Å². The number of nitrogens with one attached hydrogen (secondary N) is 1. The van der Waals surface area contributed by atoms with Gasteiger partial charge in [-0.2, -0.15) is 0 Å². The third kappa shape index (κ3) is 5.44. The van der Waals surface area contributed by atoms with Crippen molar-refractivity contribution in [1.29, 1.82) is 5.41 Å². The number of fused-ring (bicyclic) bond motifs is 1. The molecule has 0 bridgehead atoms. The van der Waals surface area contributed by atoms with Gasteiger partial charge >= 0.3 is 0 Å². The van der Waals surface area contributed by atoms with Gasteiger partial charge in [0, 0.05) is 25.0 Å². The van der Waals surface area contributed by atoms with E-state index in [0.29, 0.717) is 29.6 Å². The van der Waals surface area contributed by atoms with Crippen molar-refractivity contribution < 1.29 is 4.79 Å². The highest BCUT2D eigenvalue weighted by Gasteiger charge is 2.48. The summed E-state index contributed by atoms with van der Waals surface area (Å²) in [5.74, 6) is 3.07. The fourth-order valence-electron chi connectivity index (χ4n) is 7.09. The van der Waals surface area contributed by atoms with Crippen LogP contribution in [0.4, 0.5) is 0 Å². The summed E-state index contributed by atoms with van der Waals surface area (Å²) in [5.41, 5.74) is 11.7. The van der Waals surface area contributed by atoms with Crippen LogP contribution >= 0.6 is 0 Å². The van der Waals surface area contributed by atoms with Crippen molar-refractivity contribution >= 4 is 11.7 Å². The number of rotatable bonds is 7. The van der Waals surface area contributed by atoms with E-state index in [2.05, 4.69) is 9.80 Å². The van der Waals surface area contributed by atoms with E-state index in [9.17, 15) is 4.79 Å². The SMILES string of the molecule is N=C(N)C1CCC2CC(C(=O)N3CCC(CCN)CC3)N(CCC3CCCCC3)C2C1. The Morgan fingerprint density at radius 1 is 0.903 bits per heavy atom. The van der Waals surface area contributed by atoms with E-state index >= 15 is 0 Å². The standard InChI is InChI=1S/C25H45N5O/c26-12-8-19-9-13-29(14-10-19)25(31)23-16-20-6-7-21(24(27)28)17-22(20)30(23)15-11-18-4-2-1-3-5-18/h18-23H,1-17,26H2,(H3,27,28). The third-order valence-corrected chi connectivity index (χ3v) is 9.05. The largest absolute Gasteiger partial charge is 0.387 e. The van der Waals surface area contributed by atoms with E-state index in [1.54, 1.807) is 0 Å². The van der Waals surface area contributed by atoms with Crippen LogP contribution in [0.2, 0.25) is 0 Å². The molecule has 0 aromatic heterocycles. The van der Waals surface area contributed by atoms with Gasteiger partial charge in [-0.15, -0.1) is 0 Å². The lowest BCUT2D eigenvalue weighted by Gasteiger charge is -2.39. The number of hydrogen-bond donors (Lipinski definition) is 3. The number of nitrogens with two attached hydrogens (primary N) is 2. The highest BCUT2D eigenvalue weighted by Crippen LogP contribution is 2.43. The van der Waals surface area contributed by atoms with Gasteiger partial charge in [0.05, 0.1) is 11.9 Å². The van der Waals surface area contributed by atoms with Gasteiger partial charge in [0.25, 0.3) is 0 Å². The smallest absolute Gasteiger partial charge is 0.239 e. The van der Waals surface area contributed by atoms with Crippen molar-refractivity contribution in [2.24, 2.45) is 35.1 Å². The Bertz CT molecular complexity index is 611. The number of carbonyl (C=O) groups is 1. The Morgan fingerprint density at radius 3 is 2.29 bits per heavy atom. The number of nitrogens with zero attached hydrogens (tertiary/aromatic N) is 2. The zero-order chi connectivity index (χ0) is 21.8. The summed E-state index contributed by atoms with van der Waals surface area (Å²) in [7, 11) is 0. The van der Waals surface area contributed by atoms with Crippen LogP contribution in [0.3, 0.4) is 0 Å². The van der Waals surface area contributed by atoms with Gasteiger partial charge < -0.3 is 16.4 Å². The molecule has 2 heterocycles. The molecule has 2 aliphatic carbocycles. The van der Waals surface area contributed by atoms with Crippen molar-refractivity contribution in [2.45, 2.75) is 95.6 Å². The highest BCUT2D eigenvalue weighted by molar-refractivity contribution is 5.83. The Labute approximate surface area is 189 Å². The molecule has 2 aliphatic heterocycles. The average Bonchev–Trinajstić information content (AvgIpc) is 3.16. The van der Waals surface area contributed by atoms with Crippen LogP contribution < -0.4 is 11.5 Å². The molecule has 0 aromatic carbocycles. The molecule has 4 fully saturated rings. The minimum atomic E-state index is 0.0513. The van der Waals surface area contributed by atoms with Crippen LogP contribution in [0.1, 0.15) is 83.5 Å². The molecule has 2 saturated carbocycles. The van der Waals surface area contributed by atoms with E-state index in [-0.39, 0.29) is 12.0 Å². The second-order valence-corrected chi connectivity index (χ2v) is 10.9. The van der Waals surface area contributed by atoms with E-state index in [1.165, 1.54) is 38.5 Å². The fraction of sp³-hybridized carbons (Fsp3) is 0.920. The second-order valence-electron chi connectivity index (χ2n) is 10.9. The number of amides is 1. The molecule has 1 amide bonds. The molecule has 6 nitrogen and oxygen atoms in total. The van der Waals surface area contributed by atoms with Crippen molar-refractivity contribution in [3.8, 4) is 0 Å². The number of piperidine rings is 1. The Morgan fingerprint density at radius 2 is 1.61 bits per heavy atom. The minimum Gasteiger partial charge on any atom is -0.387 e. The fourth-order valence-corrected chi connectivity index (χ4v) is 7.09. The van der Waals surface area contributed by atoms with Gasteiger partial charge in [0.1, 0.15) is 0 Å². The first-order valence-electron chi connectivity index (χ1n) is 13.1. The molecule has 31 heavy (non-hydrogen) atoms. The zero-order valence-corrected chi connectivity index (χ0v) is 19.4. The molecule has 4 atom stereocenters. The molecule has 4 aliphatic rings. The first kappa shape index (κ1) is 23.0. The predicted molar refractivity (Wildman–Crippen MR) is 126 cm³/mol. The van der Waals surface area contributed by atoms with Gasteiger partial charge in [-0.1, -0.05) is 32.1 Å². The highest BCUT2D eigenvalue weighted by atomic mass is 16.2. The molecule has 0 radical (unpaired) electrons. The Hall–Kier alpha value is -1.14. The number of amidine groups is 1. The molecule has 0 aromatic rings. The van der Waals surface area contributed by atoms with E-state index in [0.717, 1.165) is 77.0 Å². The van der Waals surface area contributed by atoms with Crippen LogP contribution in [0.25, 0.3) is 0 Å². The minimum absolute atomic E-state index is 0.0513. The van der Waals surface area contributed by atoms with Crippen LogP contribution in [0.15, 0.2) is 0 Å². The summed E-state index contributed by atoms with van der Waals surface area (Å²) in [6.45, 7) is 3.62. The van der Waals surface area contributed by atoms with Crippen molar-refractivity contribution in [3.05, 3.63) is 0 Å². The first-order chi connectivity index (χ1) is 15.1. The van der Waals surface area contributed by atoms with Crippen molar-refractivity contribution in [1.82, 2.24) is 9.80 Å². The summed E-state index contributed by atoms with van der Waals surface area (Å²) in [5, 5.41) is 7.99.